The number of rotatable bonds is 3. The number of piperidine rings is 1. The van der Waals surface area contributed by atoms with Crippen LogP contribution in [-0.2, 0) is 9.53 Å². The van der Waals surface area contributed by atoms with E-state index in [-0.39, 0.29) is 23.8 Å². The summed E-state index contributed by atoms with van der Waals surface area (Å²) in [6.07, 6.45) is 4.92. The van der Waals surface area contributed by atoms with Gasteiger partial charge in [0.25, 0.3) is 0 Å². The molecule has 4 rings (SSSR count). The number of ether oxygens (including phenoxy) is 1. The SMILES string of the molecule is O=C(C1CC2CCC1O2)N1CCC(C(O)c2ccccc2)CC1. The zero-order chi connectivity index (χ0) is 15.8. The van der Waals surface area contributed by atoms with E-state index in [1.165, 1.54) is 0 Å². The number of carbonyl (C=O) groups excluding carboxylic acids is 1. The summed E-state index contributed by atoms with van der Waals surface area (Å²) in [5, 5.41) is 10.5. The Bertz CT molecular complexity index is 553. The Labute approximate surface area is 137 Å². The average molecular weight is 315 g/mol. The van der Waals surface area contributed by atoms with Gasteiger partial charge in [0.15, 0.2) is 0 Å². The van der Waals surface area contributed by atoms with Crippen molar-refractivity contribution in [2.24, 2.45) is 11.8 Å². The van der Waals surface area contributed by atoms with Crippen LogP contribution in [0, 0.1) is 11.8 Å². The fourth-order valence-corrected chi connectivity index (χ4v) is 4.49. The molecule has 3 aliphatic heterocycles. The lowest BCUT2D eigenvalue weighted by molar-refractivity contribution is -0.139. The van der Waals surface area contributed by atoms with Crippen LogP contribution in [0.1, 0.15) is 43.8 Å². The van der Waals surface area contributed by atoms with Crippen molar-refractivity contribution in [1.82, 2.24) is 4.90 Å². The smallest absolute Gasteiger partial charge is 0.228 e. The highest BCUT2D eigenvalue weighted by Gasteiger charge is 2.46. The molecule has 23 heavy (non-hydrogen) atoms. The molecule has 4 unspecified atom stereocenters. The Balaban J connectivity index is 1.33. The van der Waals surface area contributed by atoms with Crippen LogP contribution in [0.15, 0.2) is 30.3 Å². The van der Waals surface area contributed by atoms with E-state index in [1.54, 1.807) is 0 Å². The van der Waals surface area contributed by atoms with Gasteiger partial charge in [0.05, 0.1) is 24.2 Å². The molecular formula is C19H25NO3. The van der Waals surface area contributed by atoms with Gasteiger partial charge < -0.3 is 14.7 Å². The number of carbonyl (C=O) groups is 1. The monoisotopic (exact) mass is 315 g/mol. The first kappa shape index (κ1) is 15.2. The number of fused-ring (bicyclic) bond motifs is 2. The maximum Gasteiger partial charge on any atom is 0.228 e. The summed E-state index contributed by atoms with van der Waals surface area (Å²) in [4.78, 5) is 14.7. The van der Waals surface area contributed by atoms with E-state index >= 15 is 0 Å². The van der Waals surface area contributed by atoms with Crippen molar-refractivity contribution in [1.29, 1.82) is 0 Å². The van der Waals surface area contributed by atoms with Crippen molar-refractivity contribution < 1.29 is 14.6 Å². The maximum atomic E-state index is 12.7. The topological polar surface area (TPSA) is 49.8 Å². The molecule has 1 N–H and O–H groups in total. The van der Waals surface area contributed by atoms with Gasteiger partial charge in [0.2, 0.25) is 5.91 Å². The highest BCUT2D eigenvalue weighted by Crippen LogP contribution is 2.40. The van der Waals surface area contributed by atoms with Crippen LogP contribution >= 0.6 is 0 Å². The zero-order valence-corrected chi connectivity index (χ0v) is 13.4. The Morgan fingerprint density at radius 1 is 1.13 bits per heavy atom. The third-order valence-corrected chi connectivity index (χ3v) is 5.86. The number of aliphatic hydroxyl groups excluding tert-OH is 1. The van der Waals surface area contributed by atoms with Gasteiger partial charge in [0, 0.05) is 13.1 Å². The number of aliphatic hydroxyl groups is 1. The average Bonchev–Trinajstić information content (AvgIpc) is 3.25. The zero-order valence-electron chi connectivity index (χ0n) is 13.4. The van der Waals surface area contributed by atoms with Crippen molar-refractivity contribution in [3.63, 3.8) is 0 Å². The molecule has 1 aromatic carbocycles. The fourth-order valence-electron chi connectivity index (χ4n) is 4.49. The lowest BCUT2D eigenvalue weighted by atomic mass is 9.85. The first-order valence-electron chi connectivity index (χ1n) is 8.89. The molecule has 4 atom stereocenters. The maximum absolute atomic E-state index is 12.7. The molecular weight excluding hydrogens is 290 g/mol. The molecule has 2 bridgehead atoms. The fraction of sp³-hybridized carbons (Fsp3) is 0.632. The predicted octanol–water partition coefficient (Wildman–Crippen LogP) is 2.53. The highest BCUT2D eigenvalue weighted by atomic mass is 16.5. The quantitative estimate of drug-likeness (QED) is 0.932. The number of hydrogen-bond donors (Lipinski definition) is 1. The van der Waals surface area contributed by atoms with E-state index in [4.69, 9.17) is 4.74 Å². The predicted molar refractivity (Wildman–Crippen MR) is 86.7 cm³/mol. The van der Waals surface area contributed by atoms with Crippen LogP contribution in [0.4, 0.5) is 0 Å². The van der Waals surface area contributed by atoms with Crippen LogP contribution in [-0.4, -0.2) is 41.2 Å². The molecule has 3 heterocycles. The molecule has 1 amide bonds. The molecule has 0 aromatic heterocycles. The number of nitrogens with zero attached hydrogens (tertiary/aromatic N) is 1. The molecule has 124 valence electrons. The lowest BCUT2D eigenvalue weighted by Gasteiger charge is -2.36. The Hall–Kier alpha value is -1.39. The molecule has 0 aliphatic carbocycles. The van der Waals surface area contributed by atoms with E-state index in [0.717, 1.165) is 50.8 Å². The van der Waals surface area contributed by atoms with Gasteiger partial charge in [-0.05, 0) is 43.6 Å². The van der Waals surface area contributed by atoms with E-state index in [9.17, 15) is 9.90 Å². The van der Waals surface area contributed by atoms with Crippen LogP contribution in [0.3, 0.4) is 0 Å². The Morgan fingerprint density at radius 3 is 2.48 bits per heavy atom. The van der Waals surface area contributed by atoms with E-state index in [0.29, 0.717) is 6.10 Å². The van der Waals surface area contributed by atoms with Crippen LogP contribution in [0.5, 0.6) is 0 Å². The van der Waals surface area contributed by atoms with Crippen molar-refractivity contribution in [2.75, 3.05) is 13.1 Å². The van der Waals surface area contributed by atoms with Gasteiger partial charge in [-0.1, -0.05) is 30.3 Å². The Kier molecular flexibility index (Phi) is 4.12. The number of likely N-dealkylation sites (tertiary alicyclic amines) is 1. The van der Waals surface area contributed by atoms with Crippen molar-refractivity contribution in [3.8, 4) is 0 Å². The third kappa shape index (κ3) is 2.90. The molecule has 0 radical (unpaired) electrons. The molecule has 4 nitrogen and oxygen atoms in total. The normalized spacial score (nSPS) is 32.2. The molecule has 0 saturated carbocycles. The number of hydrogen-bond acceptors (Lipinski definition) is 3. The summed E-state index contributed by atoms with van der Waals surface area (Å²) in [7, 11) is 0. The van der Waals surface area contributed by atoms with Gasteiger partial charge in [0.1, 0.15) is 0 Å². The molecule has 3 saturated heterocycles. The van der Waals surface area contributed by atoms with Gasteiger partial charge in [-0.2, -0.15) is 0 Å². The first-order chi connectivity index (χ1) is 11.2. The largest absolute Gasteiger partial charge is 0.388 e. The Morgan fingerprint density at radius 2 is 1.87 bits per heavy atom. The summed E-state index contributed by atoms with van der Waals surface area (Å²) >= 11 is 0. The minimum absolute atomic E-state index is 0.0874. The van der Waals surface area contributed by atoms with Gasteiger partial charge >= 0.3 is 0 Å². The molecule has 3 fully saturated rings. The highest BCUT2D eigenvalue weighted by molar-refractivity contribution is 5.80. The standard InChI is InChI=1S/C19H25NO3/c21-18(13-4-2-1-3-5-13)14-8-10-20(11-9-14)19(22)16-12-15-6-7-17(16)23-15/h1-5,14-18,21H,6-12H2. The van der Waals surface area contributed by atoms with Crippen LogP contribution < -0.4 is 0 Å². The van der Waals surface area contributed by atoms with E-state index in [1.807, 2.05) is 35.2 Å². The van der Waals surface area contributed by atoms with E-state index in [2.05, 4.69) is 0 Å². The van der Waals surface area contributed by atoms with E-state index < -0.39 is 6.10 Å². The van der Waals surface area contributed by atoms with Crippen molar-refractivity contribution in [3.05, 3.63) is 35.9 Å². The first-order valence-corrected chi connectivity index (χ1v) is 8.89. The summed E-state index contributed by atoms with van der Waals surface area (Å²) in [5.41, 5.74) is 0.985. The van der Waals surface area contributed by atoms with Crippen molar-refractivity contribution >= 4 is 5.91 Å². The third-order valence-electron chi connectivity index (χ3n) is 5.86. The molecule has 1 aromatic rings. The molecule has 0 spiro atoms. The minimum Gasteiger partial charge on any atom is -0.388 e. The summed E-state index contributed by atoms with van der Waals surface area (Å²) in [5.74, 6) is 0.618. The second-order valence-corrected chi connectivity index (χ2v) is 7.23. The molecule has 4 heteroatoms. The van der Waals surface area contributed by atoms with Crippen LogP contribution in [0.25, 0.3) is 0 Å². The van der Waals surface area contributed by atoms with Gasteiger partial charge in [-0.25, -0.2) is 0 Å². The summed E-state index contributed by atoms with van der Waals surface area (Å²) < 4.78 is 5.83. The second kappa shape index (κ2) is 6.25. The number of amides is 1. The van der Waals surface area contributed by atoms with Gasteiger partial charge in [-0.3, -0.25) is 4.79 Å². The number of benzene rings is 1. The second-order valence-electron chi connectivity index (χ2n) is 7.23. The van der Waals surface area contributed by atoms with Crippen molar-refractivity contribution in [2.45, 2.75) is 50.4 Å². The minimum atomic E-state index is -0.417. The lowest BCUT2D eigenvalue weighted by Crippen LogP contribution is -2.44. The van der Waals surface area contributed by atoms with Gasteiger partial charge in [-0.15, -0.1) is 0 Å². The van der Waals surface area contributed by atoms with Crippen LogP contribution in [0.2, 0.25) is 0 Å². The summed E-state index contributed by atoms with van der Waals surface area (Å²) in [6, 6.07) is 9.86. The molecule has 3 aliphatic rings. The summed E-state index contributed by atoms with van der Waals surface area (Å²) in [6.45, 7) is 1.53.